The molecule has 34 heavy (non-hydrogen) atoms. The summed E-state index contributed by atoms with van der Waals surface area (Å²) in [6.07, 6.45) is 0. The lowest BCUT2D eigenvalue weighted by Gasteiger charge is -2.27. The van der Waals surface area contributed by atoms with Gasteiger partial charge in [-0.15, -0.1) is 0 Å². The Morgan fingerprint density at radius 2 is 1.79 bits per heavy atom. The second kappa shape index (κ2) is 10.5. The van der Waals surface area contributed by atoms with E-state index in [1.165, 1.54) is 26.2 Å². The van der Waals surface area contributed by atoms with Crippen molar-refractivity contribution >= 4 is 17.5 Å². The van der Waals surface area contributed by atoms with Crippen LogP contribution in [0.3, 0.4) is 0 Å². The second-order valence-corrected chi connectivity index (χ2v) is 7.30. The molecule has 1 unspecified atom stereocenters. The predicted molar refractivity (Wildman–Crippen MR) is 124 cm³/mol. The largest absolute Gasteiger partial charge is 0.497 e. The van der Waals surface area contributed by atoms with Crippen molar-refractivity contribution in [1.82, 2.24) is 4.98 Å². The van der Waals surface area contributed by atoms with Gasteiger partial charge in [-0.2, -0.15) is 4.98 Å². The maximum absolute atomic E-state index is 12.7. The third kappa shape index (κ3) is 5.17. The van der Waals surface area contributed by atoms with Crippen LogP contribution in [0, 0.1) is 10.1 Å². The Morgan fingerprint density at radius 3 is 2.41 bits per heavy atom. The van der Waals surface area contributed by atoms with Crippen LogP contribution >= 0.6 is 0 Å². The highest BCUT2D eigenvalue weighted by atomic mass is 16.6. The van der Waals surface area contributed by atoms with Crippen LogP contribution in [0.15, 0.2) is 60.7 Å². The highest BCUT2D eigenvalue weighted by Gasteiger charge is 2.41. The molecule has 0 aliphatic heterocycles. The Hall–Kier alpha value is -4.34. The average molecular weight is 467 g/mol. The van der Waals surface area contributed by atoms with Crippen molar-refractivity contribution in [1.29, 1.82) is 0 Å². The van der Waals surface area contributed by atoms with Gasteiger partial charge < -0.3 is 24.3 Å². The molecule has 10 heteroatoms. The number of nitrogens with one attached hydrogen (secondary N) is 1. The lowest BCUT2D eigenvalue weighted by Crippen LogP contribution is -2.40. The van der Waals surface area contributed by atoms with Crippen LogP contribution in [0.4, 0.5) is 11.5 Å². The number of pyridine rings is 1. The number of carbonyl (C=O) groups excluding carboxylic acids is 1. The third-order valence-corrected chi connectivity index (χ3v) is 5.19. The number of benzene rings is 2. The first-order chi connectivity index (χ1) is 16.3. The van der Waals surface area contributed by atoms with Crippen LogP contribution in [0.25, 0.3) is 0 Å². The fourth-order valence-electron chi connectivity index (χ4n) is 3.29. The Bertz CT molecular complexity index is 1170. The molecule has 0 radical (unpaired) electrons. The van der Waals surface area contributed by atoms with Crippen molar-refractivity contribution in [2.75, 3.05) is 26.6 Å². The molecule has 0 aliphatic rings. The van der Waals surface area contributed by atoms with E-state index in [-0.39, 0.29) is 5.88 Å². The molecule has 1 N–H and O–H groups in total. The summed E-state index contributed by atoms with van der Waals surface area (Å²) in [4.78, 5) is 27.9. The molecule has 0 bridgehead atoms. The summed E-state index contributed by atoms with van der Waals surface area (Å²) in [5.41, 5.74) is -0.779. The zero-order chi connectivity index (χ0) is 24.7. The van der Waals surface area contributed by atoms with Gasteiger partial charge in [0.15, 0.2) is 0 Å². The third-order valence-electron chi connectivity index (χ3n) is 5.19. The number of rotatable bonds is 10. The zero-order valence-electron chi connectivity index (χ0n) is 19.2. The Morgan fingerprint density at radius 1 is 1.06 bits per heavy atom. The summed E-state index contributed by atoms with van der Waals surface area (Å²) in [5, 5.41) is 14.7. The molecule has 0 spiro atoms. The maximum Gasteiger partial charge on any atom is 0.354 e. The van der Waals surface area contributed by atoms with E-state index < -0.39 is 22.2 Å². The monoisotopic (exact) mass is 467 g/mol. The van der Waals surface area contributed by atoms with Gasteiger partial charge in [-0.3, -0.25) is 10.1 Å². The van der Waals surface area contributed by atoms with E-state index in [0.717, 1.165) is 5.56 Å². The van der Waals surface area contributed by atoms with Crippen molar-refractivity contribution in [3.8, 4) is 17.4 Å². The SMILES string of the molecule is COC(=O)C(C)(Oc1nc(NCc2ccc(OC)cc2OC)ccc1[N+](=O)[O-])c1ccccc1. The number of anilines is 1. The Labute approximate surface area is 196 Å². The van der Waals surface area contributed by atoms with Gasteiger partial charge in [-0.1, -0.05) is 30.3 Å². The van der Waals surface area contributed by atoms with Gasteiger partial charge in [0, 0.05) is 29.8 Å². The molecule has 178 valence electrons. The number of ether oxygens (including phenoxy) is 4. The first-order valence-corrected chi connectivity index (χ1v) is 10.3. The predicted octanol–water partition coefficient (Wildman–Crippen LogP) is 4.09. The van der Waals surface area contributed by atoms with Crippen molar-refractivity contribution in [3.63, 3.8) is 0 Å². The van der Waals surface area contributed by atoms with Gasteiger partial charge in [0.05, 0.1) is 26.3 Å². The number of nitrogens with zero attached hydrogens (tertiary/aromatic N) is 2. The number of carbonyl (C=O) groups is 1. The molecule has 10 nitrogen and oxygen atoms in total. The molecule has 0 saturated carbocycles. The molecule has 1 heterocycles. The van der Waals surface area contributed by atoms with E-state index in [9.17, 15) is 14.9 Å². The number of nitro groups is 1. The van der Waals surface area contributed by atoms with E-state index in [4.69, 9.17) is 18.9 Å². The van der Waals surface area contributed by atoms with Crippen LogP contribution in [-0.4, -0.2) is 37.2 Å². The minimum atomic E-state index is -1.66. The van der Waals surface area contributed by atoms with Gasteiger partial charge in [0.1, 0.15) is 17.3 Å². The molecular formula is C24H25N3O7. The van der Waals surface area contributed by atoms with Crippen LogP contribution in [-0.2, 0) is 21.7 Å². The van der Waals surface area contributed by atoms with Crippen molar-refractivity contribution in [3.05, 3.63) is 81.9 Å². The number of esters is 1. The molecule has 3 rings (SSSR count). The van der Waals surface area contributed by atoms with E-state index in [0.29, 0.717) is 29.4 Å². The van der Waals surface area contributed by atoms with Crippen molar-refractivity contribution in [2.24, 2.45) is 0 Å². The van der Waals surface area contributed by atoms with E-state index in [1.54, 1.807) is 56.7 Å². The average Bonchev–Trinajstić information content (AvgIpc) is 2.87. The number of aromatic nitrogens is 1. The van der Waals surface area contributed by atoms with Crippen molar-refractivity contribution in [2.45, 2.75) is 19.1 Å². The standard InChI is InChI=1S/C24H25N3O7/c1-24(23(28)33-4,17-8-6-5-7-9-17)34-22-19(27(29)30)12-13-21(26-22)25-15-16-10-11-18(31-2)14-20(16)32-3/h5-14H,15H2,1-4H3,(H,25,26). The van der Waals surface area contributed by atoms with Gasteiger partial charge >= 0.3 is 11.7 Å². The summed E-state index contributed by atoms with van der Waals surface area (Å²) >= 11 is 0. The number of hydrogen-bond donors (Lipinski definition) is 1. The summed E-state index contributed by atoms with van der Waals surface area (Å²) < 4.78 is 21.4. The van der Waals surface area contributed by atoms with Crippen molar-refractivity contribution < 1.29 is 28.7 Å². The molecule has 0 aliphatic carbocycles. The normalized spacial score (nSPS) is 12.2. The van der Waals surface area contributed by atoms with Gasteiger partial charge in [0.2, 0.25) is 5.60 Å². The zero-order valence-corrected chi connectivity index (χ0v) is 19.2. The Balaban J connectivity index is 1.93. The number of hydrogen-bond acceptors (Lipinski definition) is 9. The van der Waals surface area contributed by atoms with E-state index in [2.05, 4.69) is 10.3 Å². The summed E-state index contributed by atoms with van der Waals surface area (Å²) in [6.45, 7) is 1.78. The molecule has 0 saturated heterocycles. The summed E-state index contributed by atoms with van der Waals surface area (Å²) in [6, 6.07) is 16.6. The first-order valence-electron chi connectivity index (χ1n) is 10.3. The topological polar surface area (TPSA) is 122 Å². The molecule has 0 amide bonds. The summed E-state index contributed by atoms with van der Waals surface area (Å²) in [5.74, 6) is 0.503. The van der Waals surface area contributed by atoms with Gasteiger partial charge in [-0.25, -0.2) is 4.79 Å². The quantitative estimate of drug-likeness (QED) is 0.267. The smallest absolute Gasteiger partial charge is 0.354 e. The van der Waals surface area contributed by atoms with Crippen LogP contribution in [0.5, 0.6) is 17.4 Å². The van der Waals surface area contributed by atoms with Crippen LogP contribution < -0.4 is 19.5 Å². The molecule has 2 aromatic carbocycles. The van der Waals surface area contributed by atoms with Crippen LogP contribution in [0.1, 0.15) is 18.1 Å². The highest BCUT2D eigenvalue weighted by molar-refractivity contribution is 5.81. The fourth-order valence-corrected chi connectivity index (χ4v) is 3.29. The minimum Gasteiger partial charge on any atom is -0.497 e. The number of methoxy groups -OCH3 is 3. The highest BCUT2D eigenvalue weighted by Crippen LogP contribution is 2.35. The Kier molecular flexibility index (Phi) is 7.52. The minimum absolute atomic E-state index is 0.304. The molecular weight excluding hydrogens is 442 g/mol. The summed E-state index contributed by atoms with van der Waals surface area (Å²) in [7, 11) is 4.33. The van der Waals surface area contributed by atoms with E-state index >= 15 is 0 Å². The van der Waals surface area contributed by atoms with Gasteiger partial charge in [-0.05, 0) is 25.1 Å². The molecule has 0 fully saturated rings. The lowest BCUT2D eigenvalue weighted by atomic mass is 9.96. The molecule has 1 atom stereocenters. The maximum atomic E-state index is 12.7. The molecule has 3 aromatic rings. The first kappa shape index (κ1) is 24.3. The second-order valence-electron chi connectivity index (χ2n) is 7.30. The molecule has 1 aromatic heterocycles. The van der Waals surface area contributed by atoms with Crippen LogP contribution in [0.2, 0.25) is 0 Å². The fraction of sp³-hybridized carbons (Fsp3) is 0.250. The lowest BCUT2D eigenvalue weighted by molar-refractivity contribution is -0.386. The van der Waals surface area contributed by atoms with E-state index in [1.807, 2.05) is 6.07 Å². The van der Waals surface area contributed by atoms with Gasteiger partial charge in [0.25, 0.3) is 5.88 Å².